The third kappa shape index (κ3) is 11.6. The predicted octanol–water partition coefficient (Wildman–Crippen LogP) is 2.79. The minimum atomic E-state index is -2.37. The topological polar surface area (TPSA) is 51.8 Å². The smallest absolute Gasteiger partial charge is 0.377 e. The highest BCUT2D eigenvalue weighted by molar-refractivity contribution is 6.60. The number of nitrogens with one attached hydrogen (secondary N) is 2. The van der Waals surface area contributed by atoms with Gasteiger partial charge in [0, 0.05) is 40.5 Å². The van der Waals surface area contributed by atoms with Crippen LogP contribution in [0.3, 0.4) is 0 Å². The van der Waals surface area contributed by atoms with Crippen molar-refractivity contribution in [2.75, 3.05) is 47.5 Å². The van der Waals surface area contributed by atoms with E-state index in [0.717, 1.165) is 38.6 Å². The second-order valence-corrected chi connectivity index (χ2v) is 8.76. The van der Waals surface area contributed by atoms with Gasteiger partial charge in [0.15, 0.2) is 0 Å². The van der Waals surface area contributed by atoms with Crippen molar-refractivity contribution in [3.8, 4) is 0 Å². The van der Waals surface area contributed by atoms with E-state index in [1.54, 1.807) is 21.3 Å². The zero-order valence-electron chi connectivity index (χ0n) is 15.2. The van der Waals surface area contributed by atoms with E-state index in [4.69, 9.17) is 13.3 Å². The van der Waals surface area contributed by atoms with E-state index in [2.05, 4.69) is 17.6 Å². The van der Waals surface area contributed by atoms with Crippen molar-refractivity contribution in [1.29, 1.82) is 0 Å². The van der Waals surface area contributed by atoms with E-state index < -0.39 is 8.80 Å². The third-order valence-corrected chi connectivity index (χ3v) is 6.79. The first-order chi connectivity index (χ1) is 10.7. The maximum absolute atomic E-state index is 5.40. The molecule has 0 atom stereocenters. The summed E-state index contributed by atoms with van der Waals surface area (Å²) in [4.78, 5) is 0. The third-order valence-electron chi connectivity index (χ3n) is 3.96. The predicted molar refractivity (Wildman–Crippen MR) is 95.3 cm³/mol. The second kappa shape index (κ2) is 15.9. The summed E-state index contributed by atoms with van der Waals surface area (Å²) in [6.07, 6.45) is 9.17. The van der Waals surface area contributed by atoms with Gasteiger partial charge in [-0.15, -0.1) is 0 Å². The van der Waals surface area contributed by atoms with E-state index >= 15 is 0 Å². The van der Waals surface area contributed by atoms with Crippen LogP contribution in [-0.2, 0) is 13.3 Å². The molecule has 0 radical (unpaired) electrons. The van der Waals surface area contributed by atoms with Gasteiger partial charge in [0.25, 0.3) is 0 Å². The molecule has 5 nitrogen and oxygen atoms in total. The van der Waals surface area contributed by atoms with Crippen LogP contribution in [0.25, 0.3) is 0 Å². The molecule has 0 amide bonds. The van der Waals surface area contributed by atoms with Crippen molar-refractivity contribution < 1.29 is 13.3 Å². The number of rotatable bonds is 17. The summed E-state index contributed by atoms with van der Waals surface area (Å²) in [7, 11) is 2.62. The van der Waals surface area contributed by atoms with Crippen molar-refractivity contribution >= 4 is 8.80 Å². The molecule has 0 aromatic carbocycles. The van der Waals surface area contributed by atoms with Crippen molar-refractivity contribution in [3.05, 3.63) is 0 Å². The summed E-state index contributed by atoms with van der Waals surface area (Å²) in [6.45, 7) is 6.43. The van der Waals surface area contributed by atoms with Crippen LogP contribution in [-0.4, -0.2) is 56.3 Å². The molecule has 0 aromatic heterocycles. The van der Waals surface area contributed by atoms with Crippen molar-refractivity contribution in [3.63, 3.8) is 0 Å². The number of hydrogen-bond donors (Lipinski definition) is 2. The molecule has 0 saturated heterocycles. The molecule has 2 N–H and O–H groups in total. The Bertz CT molecular complexity index is 221. The van der Waals surface area contributed by atoms with Gasteiger partial charge in [-0.3, -0.25) is 0 Å². The van der Waals surface area contributed by atoms with Crippen LogP contribution in [0, 0.1) is 0 Å². The Morgan fingerprint density at radius 3 is 1.68 bits per heavy atom. The molecule has 0 spiro atoms. The van der Waals surface area contributed by atoms with Gasteiger partial charge in [-0.25, -0.2) is 0 Å². The van der Waals surface area contributed by atoms with E-state index in [1.165, 1.54) is 38.5 Å². The maximum Gasteiger partial charge on any atom is 0.500 e. The lowest BCUT2D eigenvalue weighted by Gasteiger charge is -2.24. The van der Waals surface area contributed by atoms with Gasteiger partial charge in [-0.2, -0.15) is 0 Å². The van der Waals surface area contributed by atoms with Crippen LogP contribution in [0.2, 0.25) is 6.04 Å². The van der Waals surface area contributed by atoms with E-state index in [-0.39, 0.29) is 0 Å². The van der Waals surface area contributed by atoms with E-state index in [1.807, 2.05) is 0 Å². The molecular formula is C16H38N2O3Si. The molecule has 0 aliphatic rings. The zero-order valence-corrected chi connectivity index (χ0v) is 16.2. The fourth-order valence-electron chi connectivity index (χ4n) is 2.44. The lowest BCUT2D eigenvalue weighted by Crippen LogP contribution is -2.43. The van der Waals surface area contributed by atoms with Gasteiger partial charge < -0.3 is 23.9 Å². The Morgan fingerprint density at radius 1 is 0.636 bits per heavy atom. The number of unbranched alkanes of at least 4 members (excludes halogenated alkanes) is 5. The van der Waals surface area contributed by atoms with Crippen LogP contribution in [0.15, 0.2) is 0 Å². The summed E-state index contributed by atoms with van der Waals surface area (Å²) in [5.74, 6) is 0. The summed E-state index contributed by atoms with van der Waals surface area (Å²) in [5.41, 5.74) is 0. The van der Waals surface area contributed by atoms with Crippen LogP contribution < -0.4 is 10.6 Å². The van der Waals surface area contributed by atoms with Crippen LogP contribution in [0.5, 0.6) is 0 Å². The van der Waals surface area contributed by atoms with Crippen LogP contribution in [0.1, 0.15) is 51.9 Å². The quantitative estimate of drug-likeness (QED) is 0.316. The fraction of sp³-hybridized carbons (Fsp3) is 1.00. The summed E-state index contributed by atoms with van der Waals surface area (Å²) >= 11 is 0. The van der Waals surface area contributed by atoms with Gasteiger partial charge in [0.2, 0.25) is 0 Å². The highest BCUT2D eigenvalue weighted by Gasteiger charge is 2.36. The molecule has 0 saturated carbocycles. The molecule has 0 fully saturated rings. The summed E-state index contributed by atoms with van der Waals surface area (Å²) in [5, 5.41) is 6.93. The molecule has 134 valence electrons. The molecule has 6 heteroatoms. The molecule has 22 heavy (non-hydrogen) atoms. The largest absolute Gasteiger partial charge is 0.500 e. The van der Waals surface area contributed by atoms with Gasteiger partial charge in [0.1, 0.15) is 0 Å². The summed E-state index contributed by atoms with van der Waals surface area (Å²) in [6, 6.07) is 0.856. The van der Waals surface area contributed by atoms with Crippen LogP contribution in [0.4, 0.5) is 0 Å². The van der Waals surface area contributed by atoms with Gasteiger partial charge in [-0.05, 0) is 25.9 Å². The molecule has 0 aliphatic carbocycles. The summed E-state index contributed by atoms with van der Waals surface area (Å²) < 4.78 is 16.2. The Labute approximate surface area is 138 Å². The second-order valence-electron chi connectivity index (χ2n) is 5.67. The van der Waals surface area contributed by atoms with Crippen LogP contribution >= 0.6 is 0 Å². The molecule has 0 aromatic rings. The number of hydrogen-bond acceptors (Lipinski definition) is 5. The zero-order chi connectivity index (χ0) is 16.5. The standard InChI is InChI=1S/C16H38N2O3Si/c1-5-6-7-8-9-10-12-17-14-15-18-13-11-16-22(19-2,20-3)21-4/h17-18H,5-16H2,1-4H3. The first kappa shape index (κ1) is 22.0. The first-order valence-electron chi connectivity index (χ1n) is 8.81. The van der Waals surface area contributed by atoms with Gasteiger partial charge >= 0.3 is 8.80 Å². The molecular weight excluding hydrogens is 296 g/mol. The molecule has 0 heterocycles. The average molecular weight is 335 g/mol. The van der Waals surface area contributed by atoms with E-state index in [0.29, 0.717) is 0 Å². The lowest BCUT2D eigenvalue weighted by atomic mass is 10.1. The van der Waals surface area contributed by atoms with Crippen molar-refractivity contribution in [1.82, 2.24) is 10.6 Å². The highest BCUT2D eigenvalue weighted by atomic mass is 28.4. The normalized spacial score (nSPS) is 12.0. The lowest BCUT2D eigenvalue weighted by molar-refractivity contribution is 0.123. The first-order valence-corrected chi connectivity index (χ1v) is 10.7. The molecule has 0 rings (SSSR count). The van der Waals surface area contributed by atoms with Gasteiger partial charge in [-0.1, -0.05) is 39.0 Å². The minimum absolute atomic E-state index is 0.856. The minimum Gasteiger partial charge on any atom is -0.377 e. The fourth-order valence-corrected chi connectivity index (χ4v) is 4.17. The Morgan fingerprint density at radius 2 is 1.14 bits per heavy atom. The highest BCUT2D eigenvalue weighted by Crippen LogP contribution is 2.14. The monoisotopic (exact) mass is 334 g/mol. The van der Waals surface area contributed by atoms with Gasteiger partial charge in [0.05, 0.1) is 0 Å². The Balaban J connectivity index is 3.27. The molecule has 0 unspecified atom stereocenters. The average Bonchev–Trinajstić information content (AvgIpc) is 2.56. The Kier molecular flexibility index (Phi) is 15.9. The SMILES string of the molecule is CCCCCCCCNCCNCCC[Si](OC)(OC)OC. The van der Waals surface area contributed by atoms with E-state index in [9.17, 15) is 0 Å². The maximum atomic E-state index is 5.40. The molecule has 0 bridgehead atoms. The van der Waals surface area contributed by atoms with Crippen molar-refractivity contribution in [2.24, 2.45) is 0 Å². The Hall–Kier alpha value is 0.0169. The van der Waals surface area contributed by atoms with Crippen molar-refractivity contribution in [2.45, 2.75) is 57.9 Å². The molecule has 0 aliphatic heterocycles.